The van der Waals surface area contributed by atoms with Gasteiger partial charge in [0.1, 0.15) is 10.0 Å². The number of thiazole rings is 1. The van der Waals surface area contributed by atoms with Crippen LogP contribution in [0.5, 0.6) is 0 Å². The zero-order valence-corrected chi connectivity index (χ0v) is 18.7. The van der Waals surface area contributed by atoms with Crippen LogP contribution in [0.3, 0.4) is 0 Å². The van der Waals surface area contributed by atoms with E-state index in [1.807, 2.05) is 0 Å². The number of carboxylic acid groups (broad SMARTS) is 1. The summed E-state index contributed by atoms with van der Waals surface area (Å²) < 4.78 is 39.5. The second-order valence-corrected chi connectivity index (χ2v) is 10.5. The van der Waals surface area contributed by atoms with Gasteiger partial charge in [-0.25, -0.2) is 9.78 Å². The van der Waals surface area contributed by atoms with Gasteiger partial charge in [-0.15, -0.1) is 22.7 Å². The monoisotopic (exact) mass is 482 g/mol. The molecule has 32 heavy (non-hydrogen) atoms. The highest BCUT2D eigenvalue weighted by Gasteiger charge is 2.41. The number of nitrogens with one attached hydrogen (secondary N) is 1. The van der Waals surface area contributed by atoms with Gasteiger partial charge in [-0.3, -0.25) is 4.79 Å². The normalized spacial score (nSPS) is 22.7. The van der Waals surface area contributed by atoms with Crippen LogP contribution in [0.2, 0.25) is 0 Å². The van der Waals surface area contributed by atoms with Gasteiger partial charge in [-0.2, -0.15) is 13.2 Å². The lowest BCUT2D eigenvalue weighted by molar-refractivity contribution is -0.140. The molecule has 10 heteroatoms. The first-order chi connectivity index (χ1) is 15.2. The number of aromatic nitrogens is 1. The summed E-state index contributed by atoms with van der Waals surface area (Å²) in [5.74, 6) is -1.68. The predicted octanol–water partition coefficient (Wildman–Crippen LogP) is 5.91. The Morgan fingerprint density at radius 2 is 1.72 bits per heavy atom. The van der Waals surface area contributed by atoms with E-state index < -0.39 is 23.7 Å². The van der Waals surface area contributed by atoms with E-state index in [1.54, 1.807) is 0 Å². The van der Waals surface area contributed by atoms with Crippen LogP contribution < -0.4 is 5.32 Å². The summed E-state index contributed by atoms with van der Waals surface area (Å²) >= 11 is 2.30. The van der Waals surface area contributed by atoms with Crippen molar-refractivity contribution in [1.82, 2.24) is 4.98 Å². The molecule has 1 amide bonds. The fourth-order valence-corrected chi connectivity index (χ4v) is 7.53. The standard InChI is InChI=1S/C22H21F3N2O3S2/c23-22(24,25)14-9-31-19(26-14)17-12-3-1-2-4-13(12)32-20(17)27-18(28)15-10-5-7-11(8-6-10)16(15)21(29)30/h9-11H,1-8H2,(H,27,28)(H,29,30). The Morgan fingerprint density at radius 1 is 1.06 bits per heavy atom. The summed E-state index contributed by atoms with van der Waals surface area (Å²) in [7, 11) is 0. The minimum absolute atomic E-state index is 0.0826. The molecule has 0 atom stereocenters. The molecule has 2 aromatic heterocycles. The van der Waals surface area contributed by atoms with Gasteiger partial charge in [0, 0.05) is 27.0 Å². The third kappa shape index (κ3) is 3.67. The number of alkyl halides is 3. The molecule has 2 heterocycles. The van der Waals surface area contributed by atoms with Crippen molar-refractivity contribution in [2.45, 2.75) is 57.5 Å². The van der Waals surface area contributed by atoms with Crippen molar-refractivity contribution >= 4 is 39.6 Å². The third-order valence-electron chi connectivity index (χ3n) is 6.72. The van der Waals surface area contributed by atoms with Gasteiger partial charge in [-0.05, 0) is 68.8 Å². The Morgan fingerprint density at radius 3 is 2.34 bits per heavy atom. The van der Waals surface area contributed by atoms with Gasteiger partial charge >= 0.3 is 12.1 Å². The molecular weight excluding hydrogens is 461 g/mol. The van der Waals surface area contributed by atoms with Crippen LogP contribution >= 0.6 is 22.7 Å². The smallest absolute Gasteiger partial charge is 0.434 e. The third-order valence-corrected chi connectivity index (χ3v) is 8.78. The molecular formula is C22H21F3N2O3S2. The van der Waals surface area contributed by atoms with Crippen LogP contribution in [-0.4, -0.2) is 22.0 Å². The van der Waals surface area contributed by atoms with Crippen LogP contribution in [0.25, 0.3) is 10.6 Å². The Hall–Kier alpha value is -2.20. The first-order valence-electron chi connectivity index (χ1n) is 10.7. The molecule has 5 nitrogen and oxygen atoms in total. The summed E-state index contributed by atoms with van der Waals surface area (Å²) in [4.78, 5) is 30.1. The minimum atomic E-state index is -4.53. The quantitative estimate of drug-likeness (QED) is 0.568. The highest BCUT2D eigenvalue weighted by Crippen LogP contribution is 2.48. The number of hydrogen-bond donors (Lipinski definition) is 2. The molecule has 0 radical (unpaired) electrons. The number of aryl methyl sites for hydroxylation is 1. The molecule has 0 saturated heterocycles. The van der Waals surface area contributed by atoms with Gasteiger partial charge in [0.05, 0.1) is 0 Å². The Bertz CT molecular complexity index is 1120. The highest BCUT2D eigenvalue weighted by atomic mass is 32.1. The van der Waals surface area contributed by atoms with Gasteiger partial charge < -0.3 is 10.4 Å². The number of halogens is 3. The van der Waals surface area contributed by atoms with Crippen LogP contribution in [0.1, 0.15) is 54.7 Å². The summed E-state index contributed by atoms with van der Waals surface area (Å²) in [6.45, 7) is 0. The molecule has 0 aromatic carbocycles. The first-order valence-corrected chi connectivity index (χ1v) is 12.4. The topological polar surface area (TPSA) is 79.3 Å². The van der Waals surface area contributed by atoms with Crippen molar-refractivity contribution in [1.29, 1.82) is 0 Å². The number of hydrogen-bond acceptors (Lipinski definition) is 5. The number of carbonyl (C=O) groups is 2. The molecule has 4 aliphatic rings. The fraction of sp³-hybridized carbons (Fsp3) is 0.500. The van der Waals surface area contributed by atoms with E-state index >= 15 is 0 Å². The molecule has 0 spiro atoms. The zero-order valence-electron chi connectivity index (χ0n) is 17.1. The second-order valence-electron chi connectivity index (χ2n) is 8.59. The molecule has 2 aromatic rings. The van der Waals surface area contributed by atoms with E-state index in [-0.39, 0.29) is 22.4 Å². The molecule has 170 valence electrons. The number of anilines is 1. The summed E-state index contributed by atoms with van der Waals surface area (Å²) in [5, 5.41) is 14.4. The maximum Gasteiger partial charge on any atom is 0.434 e. The van der Waals surface area contributed by atoms with Crippen molar-refractivity contribution in [3.63, 3.8) is 0 Å². The minimum Gasteiger partial charge on any atom is -0.478 e. The van der Waals surface area contributed by atoms with Gasteiger partial charge in [0.2, 0.25) is 0 Å². The van der Waals surface area contributed by atoms with Crippen LogP contribution in [-0.2, 0) is 28.6 Å². The Labute approximate surface area is 190 Å². The van der Waals surface area contributed by atoms with Gasteiger partial charge in [-0.1, -0.05) is 0 Å². The molecule has 0 aliphatic heterocycles. The molecule has 1 fully saturated rings. The van der Waals surface area contributed by atoms with Crippen LogP contribution in [0.4, 0.5) is 18.2 Å². The lowest BCUT2D eigenvalue weighted by atomic mass is 9.66. The molecule has 0 unspecified atom stereocenters. The van der Waals surface area contributed by atoms with Crippen LogP contribution in [0.15, 0.2) is 16.5 Å². The van der Waals surface area contributed by atoms with E-state index in [1.165, 1.54) is 11.3 Å². The number of amides is 1. The van der Waals surface area contributed by atoms with Crippen molar-refractivity contribution in [2.75, 3.05) is 5.32 Å². The average molecular weight is 483 g/mol. The lowest BCUT2D eigenvalue weighted by Gasteiger charge is -2.37. The number of carbonyl (C=O) groups excluding carboxylic acids is 1. The van der Waals surface area contributed by atoms with Crippen molar-refractivity contribution in [3.05, 3.63) is 32.7 Å². The molecule has 2 N–H and O–H groups in total. The zero-order chi connectivity index (χ0) is 22.6. The number of rotatable bonds is 4. The predicted molar refractivity (Wildman–Crippen MR) is 116 cm³/mol. The second kappa shape index (κ2) is 7.98. The SMILES string of the molecule is O=C(O)C1=C(C(=O)Nc2sc3c(c2-c2nc(C(F)(F)F)cs2)CCCC3)C2CCC1CC2. The van der Waals surface area contributed by atoms with E-state index in [0.717, 1.165) is 78.5 Å². The van der Waals surface area contributed by atoms with Crippen molar-refractivity contribution in [3.8, 4) is 10.6 Å². The number of fused-ring (bicyclic) bond motifs is 3. The largest absolute Gasteiger partial charge is 0.478 e. The maximum atomic E-state index is 13.3. The molecule has 1 saturated carbocycles. The number of thiophene rings is 1. The summed E-state index contributed by atoms with van der Waals surface area (Å²) in [5.41, 5.74) is 1.13. The first kappa shape index (κ1) is 21.6. The summed E-state index contributed by atoms with van der Waals surface area (Å²) in [6.07, 6.45) is 2.07. The molecule has 2 bridgehead atoms. The van der Waals surface area contributed by atoms with Crippen molar-refractivity contribution in [2.24, 2.45) is 11.8 Å². The highest BCUT2D eigenvalue weighted by molar-refractivity contribution is 7.18. The fourth-order valence-electron chi connectivity index (χ4n) is 5.28. The van der Waals surface area contributed by atoms with Gasteiger partial charge in [0.15, 0.2) is 5.69 Å². The Balaban J connectivity index is 1.55. The van der Waals surface area contributed by atoms with Crippen LogP contribution in [0, 0.1) is 11.8 Å². The van der Waals surface area contributed by atoms with Gasteiger partial charge in [0.25, 0.3) is 5.91 Å². The van der Waals surface area contributed by atoms with E-state index in [9.17, 15) is 27.9 Å². The van der Waals surface area contributed by atoms with E-state index in [2.05, 4.69) is 10.3 Å². The molecule has 6 rings (SSSR count). The molecule has 4 aliphatic carbocycles. The number of nitrogens with zero attached hydrogens (tertiary/aromatic N) is 1. The van der Waals surface area contributed by atoms with E-state index in [0.29, 0.717) is 16.1 Å². The summed E-state index contributed by atoms with van der Waals surface area (Å²) in [6, 6.07) is 0. The number of carboxylic acids is 1. The van der Waals surface area contributed by atoms with Crippen molar-refractivity contribution < 1.29 is 27.9 Å². The lowest BCUT2D eigenvalue weighted by Crippen LogP contribution is -2.35. The average Bonchev–Trinajstić information content (AvgIpc) is 3.38. The maximum absolute atomic E-state index is 13.3. The number of aliphatic carboxylic acids is 1. The Kier molecular flexibility index (Phi) is 5.40. The van der Waals surface area contributed by atoms with E-state index in [4.69, 9.17) is 0 Å².